The molecular weight excluding hydrogens is 1730 g/mol. The molecule has 776 valence electrons. The fourth-order valence-electron chi connectivity index (χ4n) is 6.47. The number of halogens is 5. The minimum atomic E-state index is -0.0146. The summed E-state index contributed by atoms with van der Waals surface area (Å²) in [5.74, 6) is 0. The Morgan fingerprint density at radius 2 is 0.165 bits per heavy atom. The van der Waals surface area contributed by atoms with Gasteiger partial charge in [-0.25, -0.2) is 0 Å². The van der Waals surface area contributed by atoms with Crippen LogP contribution < -0.4 is 0 Å². The summed E-state index contributed by atoms with van der Waals surface area (Å²) >= 11 is 0. The van der Waals surface area contributed by atoms with Crippen molar-refractivity contribution in [1.29, 1.82) is 0 Å². The van der Waals surface area contributed by atoms with Crippen molar-refractivity contribution in [3.8, 4) is 0 Å². The minimum absolute atomic E-state index is 0. The van der Waals surface area contributed by atoms with Gasteiger partial charge in [0.2, 0.25) is 0 Å². The average Bonchev–Trinajstić information content (AvgIpc) is 0.828. The van der Waals surface area contributed by atoms with Gasteiger partial charge in [0.05, 0.1) is 43.3 Å². The van der Waals surface area contributed by atoms with Crippen LogP contribution in [-0.4, -0.2) is 94.8 Å². The van der Waals surface area contributed by atoms with Crippen molar-refractivity contribution in [2.75, 3.05) is 64.2 Å². The van der Waals surface area contributed by atoms with Crippen LogP contribution in [0.25, 0.3) is 0 Å². The molecule has 0 radical (unpaired) electrons. The summed E-state index contributed by atoms with van der Waals surface area (Å²) in [4.78, 5) is 8.17. The number of rotatable bonds is 6. The minimum Gasteiger partial charge on any atom is -0.400 e. The lowest BCUT2D eigenvalue weighted by atomic mass is 10.4. The first-order chi connectivity index (χ1) is 65.1. The Hall–Kier alpha value is -8.53. The third-order valence-corrected chi connectivity index (χ3v) is 14.3. The Kier molecular flexibility index (Phi) is 374. The molecule has 12 rings (SSSR count). The molecule has 0 saturated heterocycles. The molecule has 0 amide bonds. The summed E-state index contributed by atoms with van der Waals surface area (Å²) in [6, 6.07) is 136. The summed E-state index contributed by atoms with van der Waals surface area (Å²) in [7, 11) is 7.47. The highest BCUT2D eigenvalue weighted by atomic mass is 35.5. The SMILES string of the molecule is CC.CC.CC.CC.CC.CC.CC.CC.CC.CC.CC.CC.CC.CC.CC.CCC.CCC.CCC.CF.CF.CF.CO.CO.CO.CO.CO.CO.Cl.Cl.c1ccc([S+](c2ccccc2)c2ccccc2)cc1.c1ccc([S+](c2ccccc2)c2ccccc2)cc1.c1ccccc1.c1ccccc1.c1ccccc1.c1ccccc1.c1ccccc1.c1ccccc1. The first-order valence-corrected chi connectivity index (χ1v) is 50.2. The summed E-state index contributed by atoms with van der Waals surface area (Å²) in [6.45, 7) is 72.8. The van der Waals surface area contributed by atoms with Crippen LogP contribution >= 0.6 is 24.8 Å². The van der Waals surface area contributed by atoms with Gasteiger partial charge in [0.25, 0.3) is 0 Å². The zero-order valence-electron chi connectivity index (χ0n) is 93.7. The second-order valence-electron chi connectivity index (χ2n) is 17.5. The second kappa shape index (κ2) is 260. The normalized spacial score (nSPS) is 6.68. The van der Waals surface area contributed by atoms with Crippen LogP contribution in [0, 0.1) is 0 Å². The first-order valence-electron chi connectivity index (χ1n) is 47.7. The Morgan fingerprint density at radius 1 is 0.128 bits per heavy atom. The monoisotopic (exact) mass is 1940 g/mol. The van der Waals surface area contributed by atoms with Crippen LogP contribution in [0.2, 0.25) is 0 Å². The second-order valence-corrected chi connectivity index (χ2v) is 21.6. The zero-order chi connectivity index (χ0) is 107. The van der Waals surface area contributed by atoms with Crippen molar-refractivity contribution in [1.82, 2.24) is 0 Å². The number of hydrogen-bond donors (Lipinski definition) is 6. The molecule has 0 aromatic heterocycles. The molecule has 0 heterocycles. The largest absolute Gasteiger partial charge is 0.400 e. The van der Waals surface area contributed by atoms with Gasteiger partial charge < -0.3 is 30.6 Å². The lowest BCUT2D eigenvalue weighted by Crippen LogP contribution is -2.04. The Morgan fingerprint density at radius 3 is 0.211 bits per heavy atom. The van der Waals surface area contributed by atoms with Crippen LogP contribution in [0.15, 0.2) is 430 Å². The van der Waals surface area contributed by atoms with E-state index in [0.29, 0.717) is 21.5 Å². The summed E-state index contributed by atoms with van der Waals surface area (Å²) < 4.78 is 28.5. The lowest BCUT2D eigenvalue weighted by Gasteiger charge is -2.07. The van der Waals surface area contributed by atoms with E-state index in [4.69, 9.17) is 30.6 Å². The number of benzene rings is 12. The van der Waals surface area contributed by atoms with Gasteiger partial charge in [-0.1, -0.05) is 596 Å². The van der Waals surface area contributed by atoms with E-state index in [2.05, 4.69) is 224 Å². The van der Waals surface area contributed by atoms with E-state index in [1.807, 2.05) is 426 Å². The van der Waals surface area contributed by atoms with Crippen LogP contribution in [0.4, 0.5) is 13.2 Å². The zero-order valence-corrected chi connectivity index (χ0v) is 96.9. The van der Waals surface area contributed by atoms with Crippen LogP contribution in [0.1, 0.15) is 269 Å². The molecule has 12 aromatic carbocycles. The molecule has 0 unspecified atom stereocenters. The van der Waals surface area contributed by atoms with Crippen LogP contribution in [0.3, 0.4) is 0 Å². The highest BCUT2D eigenvalue weighted by Gasteiger charge is 2.28. The summed E-state index contributed by atoms with van der Waals surface area (Å²) in [6.07, 6.45) is 3.75. The van der Waals surface area contributed by atoms with Crippen molar-refractivity contribution >= 4 is 46.6 Å². The summed E-state index contributed by atoms with van der Waals surface area (Å²) in [5, 5.41) is 42.0. The lowest BCUT2D eigenvalue weighted by molar-refractivity contribution is 0.399. The van der Waals surface area contributed by atoms with E-state index in [1.165, 1.54) is 48.6 Å². The number of hydrogen-bond acceptors (Lipinski definition) is 6. The summed E-state index contributed by atoms with van der Waals surface area (Å²) in [5.41, 5.74) is 0. The van der Waals surface area contributed by atoms with Crippen molar-refractivity contribution in [2.24, 2.45) is 0 Å². The van der Waals surface area contributed by atoms with Gasteiger partial charge in [0, 0.05) is 42.7 Å². The first kappa shape index (κ1) is 192. The topological polar surface area (TPSA) is 121 Å². The molecule has 6 N–H and O–H groups in total. The Balaban J connectivity index is -0.0000000414. The molecule has 133 heavy (non-hydrogen) atoms. The van der Waals surface area contributed by atoms with E-state index in [-0.39, 0.29) is 46.6 Å². The van der Waals surface area contributed by atoms with E-state index < -0.39 is 0 Å². The smallest absolute Gasteiger partial charge is 0.166 e. The Bertz CT molecular complexity index is 2390. The van der Waals surface area contributed by atoms with E-state index in [1.54, 1.807) is 0 Å². The number of alkyl halides is 3. The fourth-order valence-corrected chi connectivity index (χ4v) is 10.7. The van der Waals surface area contributed by atoms with Crippen molar-refractivity contribution < 1.29 is 43.8 Å². The van der Waals surface area contributed by atoms with Gasteiger partial charge in [-0.2, -0.15) is 0 Å². The predicted molar refractivity (Wildman–Crippen MR) is 624 cm³/mol. The fraction of sp³-hybridized carbons (Fsp3) is 0.400. The molecule has 0 aliphatic carbocycles. The highest BCUT2D eigenvalue weighted by Crippen LogP contribution is 2.32. The van der Waals surface area contributed by atoms with E-state index in [0.717, 1.165) is 42.7 Å². The molecule has 0 saturated carbocycles. The predicted octanol–water partition coefficient (Wildman–Crippen LogP) is 39.6. The molecule has 0 aliphatic rings. The van der Waals surface area contributed by atoms with Gasteiger partial charge in [-0.05, 0) is 72.8 Å². The van der Waals surface area contributed by atoms with Gasteiger partial charge in [-0.3, -0.25) is 13.2 Å². The number of aliphatic hydroxyl groups excluding tert-OH is 6. The molecule has 6 nitrogen and oxygen atoms in total. The average molecular weight is 1950 g/mol. The maximum absolute atomic E-state index is 9.50. The molecule has 0 bridgehead atoms. The van der Waals surface area contributed by atoms with Gasteiger partial charge in [0.15, 0.2) is 29.4 Å². The van der Waals surface area contributed by atoms with E-state index >= 15 is 0 Å². The number of aliphatic hydroxyl groups is 6. The maximum atomic E-state index is 9.50. The molecule has 13 heteroatoms. The van der Waals surface area contributed by atoms with Crippen molar-refractivity contribution in [3.63, 3.8) is 0 Å². The standard InChI is InChI=1S/2C18H15S.6C6H6.3C3H8.15C2H6.3CH3F.6CH4O.2ClH/c2*1-4-10-16(11-5-1)19(17-12-6-2-7-13-17)18-14-8-3-9-15-18;6*1-2-4-6-5-3-1;3*1-3-2;24*1-2;;/h2*1-15H;6*1-6H;3*3H2,1-2H3;15*1-2H3;3*1H3;6*2H,1H3;2*1H/q2*+1;;;;;;;;;;;;;;;;;;;;;;;;;;;;;;;;;;;. The van der Waals surface area contributed by atoms with Crippen LogP contribution in [-0.2, 0) is 21.8 Å². The van der Waals surface area contributed by atoms with Crippen LogP contribution in [0.5, 0.6) is 0 Å². The molecule has 0 fully saturated rings. The Labute approximate surface area is 847 Å². The molecule has 0 atom stereocenters. The maximum Gasteiger partial charge on any atom is 0.166 e. The quantitative estimate of drug-likeness (QED) is 0.0923. The molecule has 0 spiro atoms. The van der Waals surface area contributed by atoms with E-state index in [9.17, 15) is 13.2 Å². The third-order valence-electron chi connectivity index (χ3n) is 9.87. The van der Waals surface area contributed by atoms with Gasteiger partial charge in [0.1, 0.15) is 0 Å². The van der Waals surface area contributed by atoms with Crippen molar-refractivity contribution in [3.05, 3.63) is 400 Å². The third kappa shape index (κ3) is 184. The van der Waals surface area contributed by atoms with Crippen molar-refractivity contribution in [2.45, 2.75) is 298 Å². The molecule has 12 aromatic rings. The molecular formula is C120H215Cl2F3O6S2+2. The highest BCUT2D eigenvalue weighted by molar-refractivity contribution is 7.97. The van der Waals surface area contributed by atoms with Gasteiger partial charge >= 0.3 is 0 Å². The molecule has 0 aliphatic heterocycles. The van der Waals surface area contributed by atoms with Gasteiger partial charge in [-0.15, -0.1) is 24.8 Å².